The summed E-state index contributed by atoms with van der Waals surface area (Å²) in [5.74, 6) is -0.156. The second-order valence-corrected chi connectivity index (χ2v) is 15.8. The molecule has 3 N–H and O–H groups in total. The predicted octanol–water partition coefficient (Wildman–Crippen LogP) is 9.63. The number of likely N-dealkylation sites (N-methyl/N-ethyl adjacent to an activating group) is 1. The van der Waals surface area contributed by atoms with Crippen molar-refractivity contribution < 1.29 is 32.9 Å². The van der Waals surface area contributed by atoms with Gasteiger partial charge in [-0.2, -0.15) is 0 Å². The lowest BCUT2D eigenvalue weighted by Gasteiger charge is -2.26. The number of carbonyl (C=O) groups is 1. The minimum Gasteiger partial charge on any atom is -0.391 e. The molecule has 3 atom stereocenters. The Morgan fingerprint density at radius 2 is 1.17 bits per heavy atom. The summed E-state index contributed by atoms with van der Waals surface area (Å²) in [6, 6.07) is -0.768. The Kier molecular flexibility index (Phi) is 29.8. The minimum atomic E-state index is -4.30. The average molecular weight is 676 g/mol. The van der Waals surface area contributed by atoms with Gasteiger partial charge in [0, 0.05) is 6.42 Å². The Morgan fingerprint density at radius 3 is 1.67 bits per heavy atom. The van der Waals surface area contributed by atoms with Crippen LogP contribution in [0, 0.1) is 0 Å². The predicted molar refractivity (Wildman–Crippen MR) is 194 cm³/mol. The van der Waals surface area contributed by atoms with E-state index < -0.39 is 20.0 Å². The first-order chi connectivity index (χ1) is 22.0. The molecule has 0 fully saturated rings. The summed E-state index contributed by atoms with van der Waals surface area (Å²) in [7, 11) is 1.60. The zero-order chi connectivity index (χ0) is 34.4. The highest BCUT2D eigenvalue weighted by atomic mass is 31.2. The molecule has 0 saturated carbocycles. The van der Waals surface area contributed by atoms with Gasteiger partial charge < -0.3 is 19.8 Å². The highest BCUT2D eigenvalue weighted by Gasteiger charge is 2.28. The molecule has 0 radical (unpaired) electrons. The molecule has 0 aromatic rings. The number of unbranched alkanes of at least 4 members (excludes halogenated alkanes) is 19. The summed E-state index contributed by atoms with van der Waals surface area (Å²) >= 11 is 0. The number of allylic oxidation sites excluding steroid dienone is 2. The van der Waals surface area contributed by atoms with Crippen LogP contribution in [0.1, 0.15) is 168 Å². The summed E-state index contributed by atoms with van der Waals surface area (Å²) in [4.78, 5) is 23.0. The van der Waals surface area contributed by atoms with E-state index in [9.17, 15) is 19.4 Å². The van der Waals surface area contributed by atoms with E-state index >= 15 is 0 Å². The molecule has 46 heavy (non-hydrogen) atoms. The number of nitrogens with zero attached hydrogens (tertiary/aromatic N) is 1. The van der Waals surface area contributed by atoms with E-state index in [1.165, 1.54) is 96.3 Å². The first kappa shape index (κ1) is 45.2. The van der Waals surface area contributed by atoms with Gasteiger partial charge in [0.1, 0.15) is 13.2 Å². The van der Waals surface area contributed by atoms with Crippen molar-refractivity contribution in [3.05, 3.63) is 12.2 Å². The van der Waals surface area contributed by atoms with Crippen LogP contribution < -0.4 is 5.32 Å². The lowest BCUT2D eigenvalue weighted by atomic mass is 10.0. The van der Waals surface area contributed by atoms with E-state index in [0.717, 1.165) is 44.9 Å². The van der Waals surface area contributed by atoms with Crippen LogP contribution in [0.5, 0.6) is 0 Å². The molecule has 0 aromatic heterocycles. The van der Waals surface area contributed by atoms with E-state index in [-0.39, 0.29) is 19.1 Å². The molecule has 0 rings (SSSR count). The second kappa shape index (κ2) is 30.3. The van der Waals surface area contributed by atoms with E-state index in [1.807, 2.05) is 21.1 Å². The molecule has 1 amide bonds. The summed E-state index contributed by atoms with van der Waals surface area (Å²) in [6.07, 6.45) is 31.0. The maximum atomic E-state index is 12.8. The van der Waals surface area contributed by atoms with E-state index in [0.29, 0.717) is 23.9 Å². The highest BCUT2D eigenvalue weighted by Crippen LogP contribution is 2.43. The fourth-order valence-electron chi connectivity index (χ4n) is 5.39. The number of hydrogen-bond acceptors (Lipinski definition) is 5. The van der Waals surface area contributed by atoms with Gasteiger partial charge in [-0.1, -0.05) is 135 Å². The third-order valence-corrected chi connectivity index (χ3v) is 9.50. The largest absolute Gasteiger partial charge is 0.472 e. The first-order valence-corrected chi connectivity index (χ1v) is 20.5. The number of hydrogen-bond donors (Lipinski definition) is 3. The Bertz CT molecular complexity index is 773. The van der Waals surface area contributed by atoms with Crippen LogP contribution in [-0.4, -0.2) is 73.4 Å². The van der Waals surface area contributed by atoms with Gasteiger partial charge in [0.2, 0.25) is 5.91 Å². The van der Waals surface area contributed by atoms with Gasteiger partial charge in [-0.3, -0.25) is 13.8 Å². The maximum Gasteiger partial charge on any atom is 0.472 e. The number of rotatable bonds is 34. The molecule has 274 valence electrons. The zero-order valence-corrected chi connectivity index (χ0v) is 31.7. The topological polar surface area (TPSA) is 105 Å². The van der Waals surface area contributed by atoms with Crippen molar-refractivity contribution in [3.8, 4) is 0 Å². The Balaban J connectivity index is 4.41. The van der Waals surface area contributed by atoms with Crippen LogP contribution in [-0.2, 0) is 18.4 Å². The molecule has 0 aromatic carbocycles. The number of phosphoric acid groups is 1. The fraction of sp³-hybridized carbons (Fsp3) is 0.919. The Morgan fingerprint density at radius 1 is 0.717 bits per heavy atom. The summed E-state index contributed by atoms with van der Waals surface area (Å²) in [6.45, 7) is 4.81. The first-order valence-electron chi connectivity index (χ1n) is 19.1. The normalized spacial score (nSPS) is 14.8. The molecule has 9 heteroatoms. The molecule has 0 spiro atoms. The molecule has 0 aliphatic carbocycles. The number of amides is 1. The van der Waals surface area contributed by atoms with Crippen molar-refractivity contribution >= 4 is 13.7 Å². The summed E-state index contributed by atoms with van der Waals surface area (Å²) in [5, 5.41) is 13.8. The van der Waals surface area contributed by atoms with Crippen molar-refractivity contribution in [1.29, 1.82) is 0 Å². The van der Waals surface area contributed by atoms with Crippen LogP contribution in [0.15, 0.2) is 12.2 Å². The minimum absolute atomic E-state index is 0.0714. The van der Waals surface area contributed by atoms with Gasteiger partial charge in [-0.05, 0) is 38.5 Å². The number of aliphatic hydroxyl groups excluding tert-OH is 1. The van der Waals surface area contributed by atoms with Crippen LogP contribution in [0.3, 0.4) is 0 Å². The fourth-order valence-corrected chi connectivity index (χ4v) is 6.13. The number of carbonyl (C=O) groups excluding carboxylic acids is 1. The quantitative estimate of drug-likeness (QED) is 0.0272. The molecule has 0 saturated heterocycles. The van der Waals surface area contributed by atoms with Gasteiger partial charge in [0.15, 0.2) is 0 Å². The second-order valence-electron chi connectivity index (χ2n) is 14.3. The molecular weight excluding hydrogens is 599 g/mol. The van der Waals surface area contributed by atoms with Crippen molar-refractivity contribution in [3.63, 3.8) is 0 Å². The van der Waals surface area contributed by atoms with Gasteiger partial charge in [-0.25, -0.2) is 4.57 Å². The number of nitrogens with one attached hydrogen (secondary N) is 1. The SMILES string of the molecule is CCCCC/C=C/CCCC[C@@H](O)[C@H](COP(=O)(O)OCC[N+](C)(C)C)NC(=O)CCCCCCCCCCCCCCCCC. The van der Waals surface area contributed by atoms with Crippen LogP contribution in [0.2, 0.25) is 0 Å². The smallest absolute Gasteiger partial charge is 0.391 e. The molecule has 0 bridgehead atoms. The summed E-state index contributed by atoms with van der Waals surface area (Å²) < 4.78 is 23.4. The van der Waals surface area contributed by atoms with Crippen molar-refractivity contribution in [1.82, 2.24) is 5.32 Å². The zero-order valence-electron chi connectivity index (χ0n) is 30.8. The number of phosphoric ester groups is 1. The van der Waals surface area contributed by atoms with Gasteiger partial charge in [0.25, 0.3) is 0 Å². The van der Waals surface area contributed by atoms with Gasteiger partial charge >= 0.3 is 7.82 Å². The van der Waals surface area contributed by atoms with Crippen LogP contribution >= 0.6 is 7.82 Å². The lowest BCUT2D eigenvalue weighted by molar-refractivity contribution is -0.870. The van der Waals surface area contributed by atoms with Crippen LogP contribution in [0.4, 0.5) is 0 Å². The van der Waals surface area contributed by atoms with Crippen molar-refractivity contribution in [2.24, 2.45) is 0 Å². The Hall–Kier alpha value is -0.760. The summed E-state index contributed by atoms with van der Waals surface area (Å²) in [5.41, 5.74) is 0. The number of aliphatic hydroxyl groups is 1. The lowest BCUT2D eigenvalue weighted by Crippen LogP contribution is -2.46. The van der Waals surface area contributed by atoms with E-state index in [4.69, 9.17) is 9.05 Å². The van der Waals surface area contributed by atoms with Gasteiger partial charge in [0.05, 0.1) is 39.9 Å². The molecule has 1 unspecified atom stereocenters. The molecule has 8 nitrogen and oxygen atoms in total. The Labute approximate surface area is 284 Å². The van der Waals surface area contributed by atoms with Gasteiger partial charge in [-0.15, -0.1) is 0 Å². The monoisotopic (exact) mass is 676 g/mol. The number of quaternary nitrogens is 1. The maximum absolute atomic E-state index is 12.8. The average Bonchev–Trinajstić information content (AvgIpc) is 2.99. The highest BCUT2D eigenvalue weighted by molar-refractivity contribution is 7.47. The van der Waals surface area contributed by atoms with E-state index in [2.05, 4.69) is 31.3 Å². The molecular formula is C37H76N2O6P+. The van der Waals surface area contributed by atoms with Crippen molar-refractivity contribution in [2.45, 2.75) is 180 Å². The molecule has 0 aliphatic rings. The molecule has 0 aliphatic heterocycles. The third kappa shape index (κ3) is 31.8. The van der Waals surface area contributed by atoms with E-state index in [1.54, 1.807) is 0 Å². The van der Waals surface area contributed by atoms with Crippen LogP contribution in [0.25, 0.3) is 0 Å². The third-order valence-electron chi connectivity index (χ3n) is 8.51. The standard InChI is InChI=1S/C37H75N2O6P/c1-6-8-10-12-14-16-17-18-19-20-21-23-25-27-29-31-37(41)38-35(34-45-46(42,43)44-33-32-39(3,4)5)36(40)30-28-26-24-22-15-13-11-9-7-2/h15,22,35-36,40H,6-14,16-21,23-34H2,1-5H3,(H-,38,41,42,43)/p+1/b22-15+/t35-,36+/m0/s1. The van der Waals surface area contributed by atoms with Crippen molar-refractivity contribution in [2.75, 3.05) is 40.9 Å². The molecule has 0 heterocycles.